The fraction of sp³-hybridized carbons (Fsp3) is 0.435. The highest BCUT2D eigenvalue weighted by Crippen LogP contribution is 2.25. The third-order valence-electron chi connectivity index (χ3n) is 6.07. The largest absolute Gasteiger partial charge is 0.353 e. The van der Waals surface area contributed by atoms with Crippen molar-refractivity contribution in [2.45, 2.75) is 52.1 Å². The topological polar surface area (TPSA) is 80.6 Å². The van der Waals surface area contributed by atoms with E-state index in [1.807, 2.05) is 6.92 Å². The molecule has 1 unspecified atom stereocenters. The number of Topliss-reactive ketones (excluding diaryl/α,β-unsaturated/α-hetero) is 1. The van der Waals surface area contributed by atoms with Crippen LogP contribution in [0.25, 0.3) is 0 Å². The van der Waals surface area contributed by atoms with E-state index in [9.17, 15) is 27.6 Å². The number of hydrogen-bond acceptors (Lipinski definition) is 5. The van der Waals surface area contributed by atoms with Crippen molar-refractivity contribution in [1.82, 2.24) is 14.8 Å². The van der Waals surface area contributed by atoms with Crippen LogP contribution in [-0.2, 0) is 17.8 Å². The van der Waals surface area contributed by atoms with E-state index in [0.717, 1.165) is 12.8 Å². The number of carbonyl (C=O) groups is 2. The summed E-state index contributed by atoms with van der Waals surface area (Å²) < 4.78 is 48.2. The lowest BCUT2D eigenvalue weighted by molar-refractivity contribution is -0.0794. The molecule has 7 nitrogen and oxygen atoms in total. The quantitative estimate of drug-likeness (QED) is 0.690. The molecule has 1 aromatic carbocycles. The van der Waals surface area contributed by atoms with Crippen molar-refractivity contribution in [3.05, 3.63) is 68.4 Å². The van der Waals surface area contributed by atoms with Gasteiger partial charge in [0, 0.05) is 42.5 Å². The van der Waals surface area contributed by atoms with Gasteiger partial charge in [-0.1, -0.05) is 0 Å². The highest BCUT2D eigenvalue weighted by atomic mass is 19.1. The molecule has 2 aromatic rings. The SMILES string of the molecule is Cc1c2n(cc(C(=O)CNCc3c(F)cc(F)cc3F)c1=O)C[C@@H]1OC(C)CCCN1C2=O. The number of aromatic nitrogens is 1. The molecule has 2 atom stereocenters. The Morgan fingerprint density at radius 1 is 1.21 bits per heavy atom. The summed E-state index contributed by atoms with van der Waals surface area (Å²) in [5, 5.41) is 2.60. The Hall–Kier alpha value is -2.98. The molecule has 1 saturated heterocycles. The van der Waals surface area contributed by atoms with Gasteiger partial charge in [0.25, 0.3) is 5.91 Å². The summed E-state index contributed by atoms with van der Waals surface area (Å²) in [6, 6.07) is 1.11. The lowest BCUT2D eigenvalue weighted by atomic mass is 10.0. The third-order valence-corrected chi connectivity index (χ3v) is 6.07. The molecule has 0 bridgehead atoms. The number of nitrogens with one attached hydrogen (secondary N) is 1. The molecule has 1 N–H and O–H groups in total. The van der Waals surface area contributed by atoms with Gasteiger partial charge in [0.15, 0.2) is 17.4 Å². The van der Waals surface area contributed by atoms with Crippen molar-refractivity contribution < 1.29 is 27.5 Å². The lowest BCUT2D eigenvalue weighted by Crippen LogP contribution is -2.51. The Labute approximate surface area is 188 Å². The van der Waals surface area contributed by atoms with Crippen LogP contribution in [0.3, 0.4) is 0 Å². The molecule has 2 aliphatic heterocycles. The van der Waals surface area contributed by atoms with Crippen molar-refractivity contribution in [1.29, 1.82) is 0 Å². The number of carbonyl (C=O) groups excluding carboxylic acids is 2. The Morgan fingerprint density at radius 2 is 1.91 bits per heavy atom. The molecular formula is C23H24F3N3O4. The predicted octanol–water partition coefficient (Wildman–Crippen LogP) is 2.53. The summed E-state index contributed by atoms with van der Waals surface area (Å²) in [4.78, 5) is 40.3. The van der Waals surface area contributed by atoms with E-state index >= 15 is 0 Å². The van der Waals surface area contributed by atoms with Gasteiger partial charge in [0.05, 0.1) is 24.8 Å². The van der Waals surface area contributed by atoms with Crippen LogP contribution in [0.4, 0.5) is 13.2 Å². The van der Waals surface area contributed by atoms with Gasteiger partial charge >= 0.3 is 0 Å². The highest BCUT2D eigenvalue weighted by Gasteiger charge is 2.37. The van der Waals surface area contributed by atoms with Gasteiger partial charge in [-0.3, -0.25) is 14.4 Å². The second kappa shape index (κ2) is 9.11. The monoisotopic (exact) mass is 463 g/mol. The highest BCUT2D eigenvalue weighted by molar-refractivity contribution is 5.99. The average molecular weight is 463 g/mol. The molecule has 4 rings (SSSR count). The number of ketones is 1. The van der Waals surface area contributed by atoms with E-state index in [4.69, 9.17) is 4.74 Å². The first-order chi connectivity index (χ1) is 15.7. The van der Waals surface area contributed by atoms with Crippen molar-refractivity contribution >= 4 is 11.7 Å². The van der Waals surface area contributed by atoms with Crippen molar-refractivity contribution in [2.75, 3.05) is 13.1 Å². The third kappa shape index (κ3) is 4.45. The summed E-state index contributed by atoms with van der Waals surface area (Å²) in [7, 11) is 0. The van der Waals surface area contributed by atoms with Crippen LogP contribution in [-0.4, -0.2) is 46.6 Å². The van der Waals surface area contributed by atoms with E-state index in [1.54, 1.807) is 9.47 Å². The van der Waals surface area contributed by atoms with Gasteiger partial charge in [-0.05, 0) is 26.7 Å². The first kappa shape index (κ1) is 23.2. The van der Waals surface area contributed by atoms with Crippen molar-refractivity contribution in [2.24, 2.45) is 0 Å². The molecule has 0 saturated carbocycles. The zero-order valence-corrected chi connectivity index (χ0v) is 18.3. The van der Waals surface area contributed by atoms with Gasteiger partial charge in [0.2, 0.25) is 0 Å². The summed E-state index contributed by atoms with van der Waals surface area (Å²) in [5.74, 6) is -4.08. The predicted molar refractivity (Wildman–Crippen MR) is 112 cm³/mol. The smallest absolute Gasteiger partial charge is 0.272 e. The maximum Gasteiger partial charge on any atom is 0.272 e. The van der Waals surface area contributed by atoms with Crippen LogP contribution in [0.2, 0.25) is 0 Å². The molecular weight excluding hydrogens is 439 g/mol. The van der Waals surface area contributed by atoms with E-state index in [-0.39, 0.29) is 48.5 Å². The molecule has 0 spiro atoms. The van der Waals surface area contributed by atoms with Crippen molar-refractivity contribution in [3.63, 3.8) is 0 Å². The first-order valence-electron chi connectivity index (χ1n) is 10.7. The molecule has 33 heavy (non-hydrogen) atoms. The number of amides is 1. The molecule has 1 aromatic heterocycles. The zero-order valence-electron chi connectivity index (χ0n) is 18.3. The van der Waals surface area contributed by atoms with Gasteiger partial charge in [-0.25, -0.2) is 13.2 Å². The number of pyridine rings is 1. The second-order valence-electron chi connectivity index (χ2n) is 8.41. The number of benzene rings is 1. The zero-order chi connectivity index (χ0) is 23.9. The minimum atomic E-state index is -1.07. The number of ether oxygens (including phenoxy) is 1. The van der Waals surface area contributed by atoms with E-state index in [0.29, 0.717) is 18.7 Å². The maximum absolute atomic E-state index is 13.8. The summed E-state index contributed by atoms with van der Waals surface area (Å²) in [6.07, 6.45) is 2.45. The summed E-state index contributed by atoms with van der Waals surface area (Å²) in [5.41, 5.74) is -0.714. The molecule has 0 aliphatic carbocycles. The summed E-state index contributed by atoms with van der Waals surface area (Å²) >= 11 is 0. The lowest BCUT2D eigenvalue weighted by Gasteiger charge is -2.37. The van der Waals surface area contributed by atoms with Gasteiger partial charge < -0.3 is 19.5 Å². The molecule has 1 fully saturated rings. The number of rotatable bonds is 5. The molecule has 10 heteroatoms. The van der Waals surface area contributed by atoms with Crippen LogP contribution < -0.4 is 10.7 Å². The van der Waals surface area contributed by atoms with Crippen LogP contribution in [0.1, 0.15) is 51.7 Å². The fourth-order valence-corrected chi connectivity index (χ4v) is 4.35. The maximum atomic E-state index is 13.8. The fourth-order valence-electron chi connectivity index (χ4n) is 4.35. The normalized spacial score (nSPS) is 20.3. The molecule has 1 amide bonds. The average Bonchev–Trinajstić information content (AvgIpc) is 2.93. The Balaban J connectivity index is 1.55. The first-order valence-corrected chi connectivity index (χ1v) is 10.7. The second-order valence-corrected chi connectivity index (χ2v) is 8.41. The van der Waals surface area contributed by atoms with Crippen molar-refractivity contribution in [3.8, 4) is 0 Å². The number of fused-ring (bicyclic) bond motifs is 2. The van der Waals surface area contributed by atoms with E-state index < -0.39 is 40.5 Å². The number of hydrogen-bond donors (Lipinski definition) is 1. The summed E-state index contributed by atoms with van der Waals surface area (Å²) in [6.45, 7) is 3.51. The number of halogens is 3. The Kier molecular flexibility index (Phi) is 6.40. The molecule has 3 heterocycles. The minimum absolute atomic E-state index is 0.0209. The molecule has 2 aliphatic rings. The van der Waals surface area contributed by atoms with E-state index in [2.05, 4.69) is 5.32 Å². The van der Waals surface area contributed by atoms with Crippen LogP contribution in [0.5, 0.6) is 0 Å². The molecule has 0 radical (unpaired) electrons. The Bertz CT molecular complexity index is 1160. The van der Waals surface area contributed by atoms with Crippen LogP contribution >= 0.6 is 0 Å². The van der Waals surface area contributed by atoms with Gasteiger partial charge in [-0.2, -0.15) is 0 Å². The number of nitrogens with zero attached hydrogens (tertiary/aromatic N) is 2. The van der Waals surface area contributed by atoms with Gasteiger partial charge in [0.1, 0.15) is 23.1 Å². The minimum Gasteiger partial charge on any atom is -0.353 e. The van der Waals surface area contributed by atoms with Crippen LogP contribution in [0.15, 0.2) is 23.1 Å². The van der Waals surface area contributed by atoms with Gasteiger partial charge in [-0.15, -0.1) is 0 Å². The van der Waals surface area contributed by atoms with E-state index in [1.165, 1.54) is 13.1 Å². The molecule has 176 valence electrons. The Morgan fingerprint density at radius 3 is 2.61 bits per heavy atom. The van der Waals surface area contributed by atoms with Crippen LogP contribution in [0, 0.1) is 24.4 Å². The standard InChI is InChI=1S/C23H24F3N3O4/c1-12-4-3-5-29-20(33-12)11-28-10-16(22(31)13(2)21(28)23(29)32)19(30)9-27-8-15-17(25)6-14(24)7-18(15)26/h6-7,10,12,20,27H,3-5,8-9,11H2,1-2H3/t12?,20-/m0/s1.